The fraction of sp³-hybridized carbons (Fsp3) is 0.231. The van der Waals surface area contributed by atoms with Crippen LogP contribution in [0, 0.1) is 0 Å². The van der Waals surface area contributed by atoms with Crippen molar-refractivity contribution < 1.29 is 28.2 Å². The molecule has 0 radical (unpaired) electrons. The number of carbonyl (C=O) groups is 2. The normalized spacial score (nSPS) is 13.2. The highest BCUT2D eigenvalue weighted by Gasteiger charge is 2.32. The minimum atomic E-state index is -3.93. The van der Waals surface area contributed by atoms with Crippen LogP contribution in [0.1, 0.15) is 40.9 Å². The van der Waals surface area contributed by atoms with Gasteiger partial charge in [0.1, 0.15) is 0 Å². The molecular weight excluding hydrogens is 504 g/mol. The summed E-state index contributed by atoms with van der Waals surface area (Å²) in [6.45, 7) is 1.21. The number of carbonyl (C=O) groups excluding carboxylic acids is 1. The van der Waals surface area contributed by atoms with Crippen molar-refractivity contribution in [3.8, 4) is 0 Å². The molecule has 3 N–H and O–H groups in total. The molecule has 2 atom stereocenters. The maximum atomic E-state index is 13.8. The Morgan fingerprint density at radius 1 is 0.972 bits per heavy atom. The highest BCUT2D eigenvalue weighted by Crippen LogP contribution is 2.32. The molecule has 0 saturated carbocycles. The summed E-state index contributed by atoms with van der Waals surface area (Å²) in [4.78, 5) is 23.5. The van der Waals surface area contributed by atoms with Gasteiger partial charge in [-0.05, 0) is 53.9 Å². The topological polar surface area (TPSA) is 124 Å². The average Bonchev–Trinajstić information content (AvgIpc) is 2.88. The van der Waals surface area contributed by atoms with Gasteiger partial charge in [0.25, 0.3) is 5.91 Å². The summed E-state index contributed by atoms with van der Waals surface area (Å²) in [5.74, 6) is -2.01. The summed E-state index contributed by atoms with van der Waals surface area (Å²) >= 11 is 5.97. The van der Waals surface area contributed by atoms with Gasteiger partial charge < -0.3 is 15.5 Å². The third kappa shape index (κ3) is 6.50. The highest BCUT2D eigenvalue weighted by atomic mass is 35.5. The number of aliphatic hydroxyl groups excluding tert-OH is 1. The van der Waals surface area contributed by atoms with Crippen molar-refractivity contribution >= 4 is 33.5 Å². The first-order valence-electron chi connectivity index (χ1n) is 11.2. The Morgan fingerprint density at radius 2 is 1.58 bits per heavy atom. The van der Waals surface area contributed by atoms with Gasteiger partial charge in [-0.25, -0.2) is 13.2 Å². The van der Waals surface area contributed by atoms with E-state index >= 15 is 0 Å². The molecule has 8 nitrogen and oxygen atoms in total. The summed E-state index contributed by atoms with van der Waals surface area (Å²) in [5, 5.41) is 20.8. The zero-order valence-electron chi connectivity index (χ0n) is 19.5. The zero-order chi connectivity index (χ0) is 26.3. The first-order chi connectivity index (χ1) is 17.2. The molecule has 190 valence electrons. The second-order valence-corrected chi connectivity index (χ2v) is 10.4. The quantitative estimate of drug-likeness (QED) is 0.346. The van der Waals surface area contributed by atoms with Crippen LogP contribution in [-0.4, -0.2) is 47.5 Å². The van der Waals surface area contributed by atoms with Crippen molar-refractivity contribution in [2.45, 2.75) is 36.9 Å². The van der Waals surface area contributed by atoms with Gasteiger partial charge in [-0.15, -0.1) is 0 Å². The SMILES string of the molecule is CC[C@@H](c1ccccc1)N(Cc1ccc(C(=O)N[C@H](CO)C(=O)O)cc1)S(=O)(=O)c1ccc(Cl)cc1. The fourth-order valence-electron chi connectivity index (χ4n) is 3.75. The third-order valence-corrected chi connectivity index (χ3v) is 7.80. The number of amides is 1. The lowest BCUT2D eigenvalue weighted by Crippen LogP contribution is -2.43. The second-order valence-electron chi connectivity index (χ2n) is 8.08. The van der Waals surface area contributed by atoms with Gasteiger partial charge in [0.15, 0.2) is 6.04 Å². The Hall–Kier alpha value is -3.24. The Balaban J connectivity index is 1.94. The molecule has 0 spiro atoms. The number of aliphatic carboxylic acids is 1. The molecule has 3 aromatic rings. The number of nitrogens with one attached hydrogen (secondary N) is 1. The van der Waals surface area contributed by atoms with Crippen molar-refractivity contribution in [3.05, 3.63) is 101 Å². The first kappa shape index (κ1) is 27.3. The molecule has 0 unspecified atom stereocenters. The number of aliphatic hydroxyl groups is 1. The first-order valence-corrected chi connectivity index (χ1v) is 13.0. The van der Waals surface area contributed by atoms with E-state index in [-0.39, 0.29) is 17.0 Å². The molecule has 0 saturated heterocycles. The van der Waals surface area contributed by atoms with Gasteiger partial charge in [0.05, 0.1) is 17.5 Å². The number of nitrogens with zero attached hydrogens (tertiary/aromatic N) is 1. The molecule has 0 bridgehead atoms. The minimum absolute atomic E-state index is 0.0364. The molecule has 0 aromatic heterocycles. The molecular formula is C26H27ClN2O6S. The number of halogens is 1. The molecule has 36 heavy (non-hydrogen) atoms. The van der Waals surface area contributed by atoms with Gasteiger partial charge in [0.2, 0.25) is 10.0 Å². The van der Waals surface area contributed by atoms with E-state index in [1.54, 1.807) is 12.1 Å². The van der Waals surface area contributed by atoms with E-state index in [0.29, 0.717) is 17.0 Å². The number of carboxylic acid groups (broad SMARTS) is 1. The van der Waals surface area contributed by atoms with E-state index in [4.69, 9.17) is 21.8 Å². The summed E-state index contributed by atoms with van der Waals surface area (Å²) in [7, 11) is -3.93. The summed E-state index contributed by atoms with van der Waals surface area (Å²) in [6.07, 6.45) is 0.523. The molecule has 0 fully saturated rings. The Labute approximate surface area is 215 Å². The van der Waals surface area contributed by atoms with Gasteiger partial charge in [-0.3, -0.25) is 4.79 Å². The fourth-order valence-corrected chi connectivity index (χ4v) is 5.56. The lowest BCUT2D eigenvalue weighted by Gasteiger charge is -2.31. The molecule has 0 aliphatic carbocycles. The summed E-state index contributed by atoms with van der Waals surface area (Å²) in [5.41, 5.74) is 1.66. The molecule has 1 amide bonds. The van der Waals surface area contributed by atoms with E-state index in [1.807, 2.05) is 37.3 Å². The summed E-state index contributed by atoms with van der Waals surface area (Å²) < 4.78 is 28.9. The second kappa shape index (κ2) is 12.1. The molecule has 0 heterocycles. The molecule has 0 aliphatic rings. The van der Waals surface area contributed by atoms with Crippen molar-refractivity contribution in [3.63, 3.8) is 0 Å². The Kier molecular flexibility index (Phi) is 9.22. The monoisotopic (exact) mass is 530 g/mol. The van der Waals surface area contributed by atoms with Crippen LogP contribution in [0.15, 0.2) is 83.8 Å². The predicted molar refractivity (Wildman–Crippen MR) is 136 cm³/mol. The van der Waals surface area contributed by atoms with Crippen molar-refractivity contribution in [2.75, 3.05) is 6.61 Å². The minimum Gasteiger partial charge on any atom is -0.480 e. The Bertz CT molecular complexity index is 1280. The Morgan fingerprint density at radius 3 is 2.11 bits per heavy atom. The van der Waals surface area contributed by atoms with Gasteiger partial charge >= 0.3 is 5.97 Å². The van der Waals surface area contributed by atoms with E-state index in [9.17, 15) is 18.0 Å². The molecule has 3 aromatic carbocycles. The van der Waals surface area contributed by atoms with Crippen LogP contribution >= 0.6 is 11.6 Å². The maximum Gasteiger partial charge on any atom is 0.328 e. The van der Waals surface area contributed by atoms with Crippen LogP contribution in [0.2, 0.25) is 5.02 Å². The zero-order valence-corrected chi connectivity index (χ0v) is 21.1. The van der Waals surface area contributed by atoms with E-state index in [2.05, 4.69) is 5.32 Å². The maximum absolute atomic E-state index is 13.8. The number of hydrogen-bond acceptors (Lipinski definition) is 5. The number of carboxylic acids is 1. The number of benzene rings is 3. The van der Waals surface area contributed by atoms with Crippen molar-refractivity contribution in [1.82, 2.24) is 9.62 Å². The van der Waals surface area contributed by atoms with E-state index in [0.717, 1.165) is 5.56 Å². The van der Waals surface area contributed by atoms with Crippen molar-refractivity contribution in [1.29, 1.82) is 0 Å². The third-order valence-electron chi connectivity index (χ3n) is 5.68. The van der Waals surface area contributed by atoms with Crippen LogP contribution in [0.4, 0.5) is 0 Å². The largest absolute Gasteiger partial charge is 0.480 e. The standard InChI is InChI=1S/C26H27ClN2O6S/c1-2-24(19-6-4-3-5-7-19)29(36(34,35)22-14-12-21(27)13-15-22)16-18-8-10-20(11-9-18)25(31)28-23(17-30)26(32)33/h3-15,23-24,30H,2,16-17H2,1H3,(H,28,31)(H,32,33)/t23-,24+/m1/s1. The lowest BCUT2D eigenvalue weighted by atomic mass is 10.0. The molecule has 0 aliphatic heterocycles. The molecule has 10 heteroatoms. The van der Waals surface area contributed by atoms with Crippen LogP contribution in [-0.2, 0) is 21.4 Å². The molecule has 3 rings (SSSR count). The van der Waals surface area contributed by atoms with Crippen LogP contribution in [0.3, 0.4) is 0 Å². The summed E-state index contributed by atoms with van der Waals surface area (Å²) in [6, 6.07) is 19.7. The van der Waals surface area contributed by atoms with Crippen LogP contribution in [0.5, 0.6) is 0 Å². The number of rotatable bonds is 11. The lowest BCUT2D eigenvalue weighted by molar-refractivity contribution is -0.140. The smallest absolute Gasteiger partial charge is 0.328 e. The van der Waals surface area contributed by atoms with Gasteiger partial charge in [0, 0.05) is 17.1 Å². The number of hydrogen-bond donors (Lipinski definition) is 3. The van der Waals surface area contributed by atoms with Crippen molar-refractivity contribution in [2.24, 2.45) is 0 Å². The predicted octanol–water partition coefficient (Wildman–Crippen LogP) is 3.86. The van der Waals surface area contributed by atoms with E-state index in [1.165, 1.54) is 40.7 Å². The highest BCUT2D eigenvalue weighted by molar-refractivity contribution is 7.89. The van der Waals surface area contributed by atoms with Gasteiger partial charge in [-0.1, -0.05) is 61.0 Å². The average molecular weight is 531 g/mol. The van der Waals surface area contributed by atoms with Gasteiger partial charge in [-0.2, -0.15) is 4.31 Å². The van der Waals surface area contributed by atoms with Crippen LogP contribution in [0.25, 0.3) is 0 Å². The van der Waals surface area contributed by atoms with E-state index < -0.39 is 40.6 Å². The van der Waals surface area contributed by atoms with Crippen LogP contribution < -0.4 is 5.32 Å². The number of sulfonamides is 1.